The van der Waals surface area contributed by atoms with Crippen LogP contribution >= 0.6 is 0 Å². The number of esters is 1. The van der Waals surface area contributed by atoms with E-state index in [4.69, 9.17) is 9.15 Å². The maximum absolute atomic E-state index is 12.5. The van der Waals surface area contributed by atoms with Gasteiger partial charge in [0.2, 0.25) is 5.76 Å². The van der Waals surface area contributed by atoms with Crippen molar-refractivity contribution in [2.75, 3.05) is 13.7 Å². The topological polar surface area (TPSA) is 98.1 Å². The van der Waals surface area contributed by atoms with Crippen molar-refractivity contribution in [2.45, 2.75) is 13.5 Å². The van der Waals surface area contributed by atoms with Crippen LogP contribution in [0.1, 0.15) is 28.8 Å². The number of furan rings is 1. The van der Waals surface area contributed by atoms with Gasteiger partial charge in [0.25, 0.3) is 5.91 Å². The molecule has 1 N–H and O–H groups in total. The first-order valence-electron chi connectivity index (χ1n) is 8.26. The van der Waals surface area contributed by atoms with Gasteiger partial charge in [0.1, 0.15) is 17.2 Å². The number of methoxy groups -OCH3 is 1. The molecule has 0 bridgehead atoms. The fraction of sp³-hybridized carbons (Fsp3) is 0.211. The Morgan fingerprint density at radius 3 is 2.81 bits per heavy atom. The minimum Gasteiger partial charge on any atom is -0.494 e. The second kappa shape index (κ2) is 7.77. The number of nitrogens with one attached hydrogen (secondary N) is 1. The maximum Gasteiger partial charge on any atom is 0.373 e. The zero-order valence-corrected chi connectivity index (χ0v) is 14.9. The van der Waals surface area contributed by atoms with Crippen molar-refractivity contribution in [1.29, 1.82) is 0 Å². The van der Waals surface area contributed by atoms with Crippen molar-refractivity contribution in [2.24, 2.45) is 0 Å². The highest BCUT2D eigenvalue weighted by Gasteiger charge is 2.34. The molecule has 0 spiro atoms. The molecule has 1 aliphatic heterocycles. The molecule has 8 heteroatoms. The van der Waals surface area contributed by atoms with E-state index in [-0.39, 0.29) is 18.0 Å². The molecule has 0 aliphatic carbocycles. The molecule has 27 heavy (non-hydrogen) atoms. The predicted octanol–water partition coefficient (Wildman–Crippen LogP) is 2.56. The van der Waals surface area contributed by atoms with Gasteiger partial charge in [-0.05, 0) is 42.8 Å². The quantitative estimate of drug-likeness (QED) is 0.477. The van der Waals surface area contributed by atoms with Gasteiger partial charge in [0, 0.05) is 0 Å². The molecule has 140 valence electrons. The van der Waals surface area contributed by atoms with E-state index >= 15 is 0 Å². The van der Waals surface area contributed by atoms with Gasteiger partial charge in [-0.3, -0.25) is 9.69 Å². The van der Waals surface area contributed by atoms with Crippen LogP contribution in [0.15, 0.2) is 46.5 Å². The minimum absolute atomic E-state index is 0.00283. The zero-order chi connectivity index (χ0) is 19.4. The molecule has 0 atom stereocenters. The summed E-state index contributed by atoms with van der Waals surface area (Å²) in [6.45, 7) is 2.31. The molecule has 2 aromatic rings. The van der Waals surface area contributed by atoms with Crippen LogP contribution in [0.5, 0.6) is 5.75 Å². The number of rotatable bonds is 6. The first-order chi connectivity index (χ1) is 13.0. The second-order valence-corrected chi connectivity index (χ2v) is 5.64. The molecule has 1 aliphatic rings. The fourth-order valence-corrected chi connectivity index (χ4v) is 2.57. The molecule has 3 amide bonds. The summed E-state index contributed by atoms with van der Waals surface area (Å²) in [6, 6.07) is 9.55. The van der Waals surface area contributed by atoms with Crippen LogP contribution in [0, 0.1) is 0 Å². The number of hydrogen-bond donors (Lipinski definition) is 1. The molecular formula is C19H18N2O6. The van der Waals surface area contributed by atoms with Crippen molar-refractivity contribution in [1.82, 2.24) is 10.2 Å². The van der Waals surface area contributed by atoms with Gasteiger partial charge in [-0.15, -0.1) is 0 Å². The molecule has 1 saturated heterocycles. The van der Waals surface area contributed by atoms with Gasteiger partial charge in [-0.2, -0.15) is 0 Å². The van der Waals surface area contributed by atoms with E-state index < -0.39 is 17.9 Å². The van der Waals surface area contributed by atoms with Gasteiger partial charge >= 0.3 is 12.0 Å². The van der Waals surface area contributed by atoms with Gasteiger partial charge < -0.3 is 19.2 Å². The lowest BCUT2D eigenvalue weighted by Gasteiger charge is -2.09. The van der Waals surface area contributed by atoms with E-state index in [1.165, 1.54) is 19.2 Å². The van der Waals surface area contributed by atoms with Crippen LogP contribution in [-0.4, -0.2) is 36.5 Å². The Balaban J connectivity index is 1.76. The lowest BCUT2D eigenvalue weighted by molar-refractivity contribution is -0.123. The Kier molecular flexibility index (Phi) is 5.25. The summed E-state index contributed by atoms with van der Waals surface area (Å²) in [7, 11) is 1.24. The molecule has 0 saturated carbocycles. The Bertz CT molecular complexity index is 914. The number of carbonyl (C=O) groups is 3. The molecule has 1 aromatic heterocycles. The van der Waals surface area contributed by atoms with Crippen molar-refractivity contribution in [3.63, 3.8) is 0 Å². The molecule has 1 aromatic carbocycles. The van der Waals surface area contributed by atoms with Crippen LogP contribution < -0.4 is 10.1 Å². The number of imide groups is 1. The molecular weight excluding hydrogens is 352 g/mol. The summed E-state index contributed by atoms with van der Waals surface area (Å²) in [4.78, 5) is 37.1. The van der Waals surface area contributed by atoms with E-state index in [9.17, 15) is 14.4 Å². The highest BCUT2D eigenvalue weighted by molar-refractivity contribution is 6.13. The normalized spacial score (nSPS) is 15.2. The van der Waals surface area contributed by atoms with E-state index in [2.05, 4.69) is 10.1 Å². The van der Waals surface area contributed by atoms with Crippen LogP contribution in [-0.2, 0) is 16.1 Å². The van der Waals surface area contributed by atoms with Crippen molar-refractivity contribution in [3.8, 4) is 5.75 Å². The lowest BCUT2D eigenvalue weighted by Crippen LogP contribution is -2.30. The first kappa shape index (κ1) is 18.2. The number of benzene rings is 1. The Hall–Kier alpha value is -3.55. The third-order valence-electron chi connectivity index (χ3n) is 3.80. The van der Waals surface area contributed by atoms with Gasteiger partial charge in [0.15, 0.2) is 0 Å². The van der Waals surface area contributed by atoms with Crippen LogP contribution in [0.3, 0.4) is 0 Å². The summed E-state index contributed by atoms with van der Waals surface area (Å²) in [6.07, 6.45) is 1.57. The first-order valence-corrected chi connectivity index (χ1v) is 8.26. The zero-order valence-electron chi connectivity index (χ0n) is 14.9. The molecule has 8 nitrogen and oxygen atoms in total. The highest BCUT2D eigenvalue weighted by atomic mass is 16.5. The second-order valence-electron chi connectivity index (χ2n) is 5.64. The SMILES string of the molecule is CCOc1cccc(C=C2NC(=O)N(Cc3ccc(C(=O)OC)o3)C2=O)c1. The monoisotopic (exact) mass is 370 g/mol. The molecule has 2 heterocycles. The molecule has 3 rings (SSSR count). The van der Waals surface area contributed by atoms with Gasteiger partial charge in [0.05, 0.1) is 20.3 Å². The number of urea groups is 1. The number of nitrogens with zero attached hydrogens (tertiary/aromatic N) is 1. The Labute approximate surface area is 155 Å². The molecule has 0 unspecified atom stereocenters. The number of ether oxygens (including phenoxy) is 2. The van der Waals surface area contributed by atoms with Crippen molar-refractivity contribution >= 4 is 24.0 Å². The largest absolute Gasteiger partial charge is 0.494 e. The smallest absolute Gasteiger partial charge is 0.373 e. The average Bonchev–Trinajstić information content (AvgIpc) is 3.22. The van der Waals surface area contributed by atoms with E-state index in [0.717, 1.165) is 10.5 Å². The molecule has 1 fully saturated rings. The summed E-state index contributed by atoms with van der Waals surface area (Å²) in [5.41, 5.74) is 0.867. The summed E-state index contributed by atoms with van der Waals surface area (Å²) in [5, 5.41) is 2.54. The standard InChI is InChI=1S/C19H18N2O6/c1-3-26-13-6-4-5-12(9-13)10-15-17(22)21(19(24)20-15)11-14-7-8-16(27-14)18(23)25-2/h4-10H,3,11H2,1-2H3,(H,20,24). The summed E-state index contributed by atoms with van der Waals surface area (Å²) in [5.74, 6) is -0.154. The maximum atomic E-state index is 12.5. The fourth-order valence-electron chi connectivity index (χ4n) is 2.57. The highest BCUT2D eigenvalue weighted by Crippen LogP contribution is 2.20. The van der Waals surface area contributed by atoms with Gasteiger partial charge in [-0.25, -0.2) is 9.59 Å². The Morgan fingerprint density at radius 2 is 2.07 bits per heavy atom. The Morgan fingerprint density at radius 1 is 1.26 bits per heavy atom. The third-order valence-corrected chi connectivity index (χ3v) is 3.80. The van der Waals surface area contributed by atoms with E-state index in [1.807, 2.05) is 13.0 Å². The van der Waals surface area contributed by atoms with Crippen LogP contribution in [0.2, 0.25) is 0 Å². The summed E-state index contributed by atoms with van der Waals surface area (Å²) >= 11 is 0. The minimum atomic E-state index is -0.631. The third kappa shape index (κ3) is 4.00. The molecule has 0 radical (unpaired) electrons. The van der Waals surface area contributed by atoms with Gasteiger partial charge in [-0.1, -0.05) is 12.1 Å². The number of amides is 3. The van der Waals surface area contributed by atoms with E-state index in [0.29, 0.717) is 18.1 Å². The van der Waals surface area contributed by atoms with Crippen molar-refractivity contribution < 1.29 is 28.3 Å². The van der Waals surface area contributed by atoms with Crippen LogP contribution in [0.25, 0.3) is 6.08 Å². The van der Waals surface area contributed by atoms with Crippen molar-refractivity contribution in [3.05, 3.63) is 59.2 Å². The predicted molar refractivity (Wildman–Crippen MR) is 94.7 cm³/mol. The lowest BCUT2D eigenvalue weighted by atomic mass is 10.2. The number of carbonyl (C=O) groups excluding carboxylic acids is 3. The average molecular weight is 370 g/mol. The van der Waals surface area contributed by atoms with Crippen LogP contribution in [0.4, 0.5) is 4.79 Å². The van der Waals surface area contributed by atoms with E-state index in [1.54, 1.807) is 24.3 Å². The number of hydrogen-bond acceptors (Lipinski definition) is 6. The summed E-state index contributed by atoms with van der Waals surface area (Å²) < 4.78 is 15.3.